The molecule has 1 fully saturated rings. The fourth-order valence-electron chi connectivity index (χ4n) is 1.94. The summed E-state index contributed by atoms with van der Waals surface area (Å²) in [5, 5.41) is 3.32. The third kappa shape index (κ3) is 2.64. The van der Waals surface area contributed by atoms with Crippen LogP contribution in [-0.2, 0) is 0 Å². The van der Waals surface area contributed by atoms with E-state index in [1.54, 1.807) is 0 Å². The molecule has 1 aliphatic rings. The lowest BCUT2D eigenvalue weighted by Gasteiger charge is -2.33. The molecule has 1 saturated heterocycles. The van der Waals surface area contributed by atoms with E-state index < -0.39 is 0 Å². The number of pyridine rings is 1. The zero-order chi connectivity index (χ0) is 11.4. The number of nitrogens with one attached hydrogen (secondary N) is 1. The standard InChI is InChI=1S/C12H20N4/c1-3-13-11-4-5-14-12(10-11)16-8-6-15(2)7-9-16/h4-5,10H,3,6-9H2,1-2H3,(H,13,14). The maximum absolute atomic E-state index is 4.44. The first-order valence-corrected chi connectivity index (χ1v) is 5.93. The molecule has 88 valence electrons. The van der Waals surface area contributed by atoms with Crippen LogP contribution in [0.4, 0.5) is 11.5 Å². The van der Waals surface area contributed by atoms with Gasteiger partial charge in [0.2, 0.25) is 0 Å². The number of piperazine rings is 1. The highest BCUT2D eigenvalue weighted by Crippen LogP contribution is 2.17. The highest BCUT2D eigenvalue weighted by Gasteiger charge is 2.15. The average Bonchev–Trinajstić information content (AvgIpc) is 2.31. The summed E-state index contributed by atoms with van der Waals surface area (Å²) in [5.74, 6) is 1.09. The van der Waals surface area contributed by atoms with Gasteiger partial charge < -0.3 is 15.1 Å². The predicted molar refractivity (Wildman–Crippen MR) is 68.1 cm³/mol. The zero-order valence-corrected chi connectivity index (χ0v) is 10.1. The SMILES string of the molecule is CCNc1ccnc(N2CCN(C)CC2)c1. The van der Waals surface area contributed by atoms with Gasteiger partial charge in [0.15, 0.2) is 0 Å². The number of aromatic nitrogens is 1. The smallest absolute Gasteiger partial charge is 0.130 e. The zero-order valence-electron chi connectivity index (χ0n) is 10.1. The van der Waals surface area contributed by atoms with Crippen LogP contribution >= 0.6 is 0 Å². The monoisotopic (exact) mass is 220 g/mol. The van der Waals surface area contributed by atoms with Crippen LogP contribution in [0.25, 0.3) is 0 Å². The Labute approximate surface area is 97.3 Å². The van der Waals surface area contributed by atoms with Crippen molar-refractivity contribution in [3.05, 3.63) is 18.3 Å². The molecule has 2 heterocycles. The molecule has 0 aliphatic carbocycles. The lowest BCUT2D eigenvalue weighted by Crippen LogP contribution is -2.44. The first-order valence-electron chi connectivity index (χ1n) is 5.93. The van der Waals surface area contributed by atoms with Gasteiger partial charge in [-0.15, -0.1) is 0 Å². The molecule has 2 rings (SSSR count). The van der Waals surface area contributed by atoms with Crippen molar-refractivity contribution in [1.29, 1.82) is 0 Å². The van der Waals surface area contributed by atoms with E-state index in [1.165, 1.54) is 0 Å². The minimum Gasteiger partial charge on any atom is -0.385 e. The Balaban J connectivity index is 2.05. The molecular weight excluding hydrogens is 200 g/mol. The second kappa shape index (κ2) is 5.16. The van der Waals surface area contributed by atoms with Gasteiger partial charge in [-0.3, -0.25) is 0 Å². The Kier molecular flexibility index (Phi) is 3.62. The summed E-state index contributed by atoms with van der Waals surface area (Å²) in [4.78, 5) is 9.14. The first-order chi connectivity index (χ1) is 7.79. The summed E-state index contributed by atoms with van der Waals surface area (Å²) in [6.07, 6.45) is 1.88. The molecular formula is C12H20N4. The van der Waals surface area contributed by atoms with Crippen LogP contribution in [0.1, 0.15) is 6.92 Å². The molecule has 0 amide bonds. The molecule has 1 N–H and O–H groups in total. The van der Waals surface area contributed by atoms with E-state index in [2.05, 4.69) is 40.1 Å². The Bertz CT molecular complexity index is 332. The summed E-state index contributed by atoms with van der Waals surface area (Å²) >= 11 is 0. The van der Waals surface area contributed by atoms with Crippen LogP contribution in [0.15, 0.2) is 18.3 Å². The van der Waals surface area contributed by atoms with E-state index in [4.69, 9.17) is 0 Å². The number of anilines is 2. The van der Waals surface area contributed by atoms with Crippen LogP contribution in [0, 0.1) is 0 Å². The first kappa shape index (κ1) is 11.2. The largest absolute Gasteiger partial charge is 0.385 e. The molecule has 1 aromatic rings. The van der Waals surface area contributed by atoms with Gasteiger partial charge >= 0.3 is 0 Å². The molecule has 0 unspecified atom stereocenters. The molecule has 0 spiro atoms. The third-order valence-corrected chi connectivity index (χ3v) is 2.95. The predicted octanol–water partition coefficient (Wildman–Crippen LogP) is 1.27. The molecule has 1 aromatic heterocycles. The lowest BCUT2D eigenvalue weighted by molar-refractivity contribution is 0.312. The quantitative estimate of drug-likeness (QED) is 0.831. The van der Waals surface area contributed by atoms with E-state index in [1.807, 2.05) is 12.3 Å². The van der Waals surface area contributed by atoms with Crippen molar-refractivity contribution >= 4 is 11.5 Å². The minimum atomic E-state index is 0.951. The molecule has 0 bridgehead atoms. The van der Waals surface area contributed by atoms with Crippen molar-refractivity contribution in [3.8, 4) is 0 Å². The summed E-state index contributed by atoms with van der Waals surface area (Å²) in [7, 11) is 2.17. The van der Waals surface area contributed by atoms with Crippen LogP contribution in [-0.4, -0.2) is 49.7 Å². The number of hydrogen-bond acceptors (Lipinski definition) is 4. The van der Waals surface area contributed by atoms with Gasteiger partial charge in [-0.05, 0) is 20.0 Å². The van der Waals surface area contributed by atoms with Crippen molar-refractivity contribution in [3.63, 3.8) is 0 Å². The number of likely N-dealkylation sites (N-methyl/N-ethyl adjacent to an activating group) is 1. The Morgan fingerprint density at radius 3 is 2.75 bits per heavy atom. The highest BCUT2D eigenvalue weighted by atomic mass is 15.3. The molecule has 4 nitrogen and oxygen atoms in total. The van der Waals surface area contributed by atoms with Crippen LogP contribution in [0.2, 0.25) is 0 Å². The fourth-order valence-corrected chi connectivity index (χ4v) is 1.94. The van der Waals surface area contributed by atoms with E-state index in [9.17, 15) is 0 Å². The van der Waals surface area contributed by atoms with E-state index in [0.29, 0.717) is 0 Å². The number of hydrogen-bond donors (Lipinski definition) is 1. The van der Waals surface area contributed by atoms with Crippen LogP contribution in [0.3, 0.4) is 0 Å². The van der Waals surface area contributed by atoms with Gasteiger partial charge in [0.05, 0.1) is 0 Å². The lowest BCUT2D eigenvalue weighted by atomic mass is 10.3. The van der Waals surface area contributed by atoms with Crippen molar-refractivity contribution in [2.45, 2.75) is 6.92 Å². The van der Waals surface area contributed by atoms with Crippen molar-refractivity contribution in [1.82, 2.24) is 9.88 Å². The molecule has 0 aromatic carbocycles. The van der Waals surface area contributed by atoms with Gasteiger partial charge in [-0.25, -0.2) is 4.98 Å². The molecule has 0 saturated carbocycles. The molecule has 0 radical (unpaired) electrons. The molecule has 4 heteroatoms. The summed E-state index contributed by atoms with van der Waals surface area (Å²) in [6.45, 7) is 7.43. The van der Waals surface area contributed by atoms with Gasteiger partial charge in [-0.1, -0.05) is 0 Å². The number of rotatable bonds is 3. The van der Waals surface area contributed by atoms with Gasteiger partial charge in [-0.2, -0.15) is 0 Å². The third-order valence-electron chi connectivity index (χ3n) is 2.95. The number of nitrogens with zero attached hydrogens (tertiary/aromatic N) is 3. The Morgan fingerprint density at radius 2 is 2.06 bits per heavy atom. The maximum atomic E-state index is 4.44. The molecule has 0 atom stereocenters. The van der Waals surface area contributed by atoms with Crippen LogP contribution < -0.4 is 10.2 Å². The highest BCUT2D eigenvalue weighted by molar-refractivity contribution is 5.53. The van der Waals surface area contributed by atoms with E-state index in [0.717, 1.165) is 44.2 Å². The average molecular weight is 220 g/mol. The molecule has 16 heavy (non-hydrogen) atoms. The van der Waals surface area contributed by atoms with E-state index >= 15 is 0 Å². The van der Waals surface area contributed by atoms with E-state index in [-0.39, 0.29) is 0 Å². The summed E-state index contributed by atoms with van der Waals surface area (Å²) < 4.78 is 0. The van der Waals surface area contributed by atoms with Crippen molar-refractivity contribution in [2.24, 2.45) is 0 Å². The van der Waals surface area contributed by atoms with Gasteiger partial charge in [0, 0.05) is 50.7 Å². The fraction of sp³-hybridized carbons (Fsp3) is 0.583. The second-order valence-electron chi connectivity index (χ2n) is 4.22. The van der Waals surface area contributed by atoms with Crippen LogP contribution in [0.5, 0.6) is 0 Å². The van der Waals surface area contributed by atoms with Gasteiger partial charge in [0.25, 0.3) is 0 Å². The van der Waals surface area contributed by atoms with Crippen molar-refractivity contribution in [2.75, 3.05) is 50.0 Å². The Hall–Kier alpha value is -1.29. The summed E-state index contributed by atoms with van der Waals surface area (Å²) in [6, 6.07) is 4.15. The normalized spacial score (nSPS) is 17.5. The topological polar surface area (TPSA) is 31.4 Å². The van der Waals surface area contributed by atoms with Gasteiger partial charge in [0.1, 0.15) is 5.82 Å². The molecule has 1 aliphatic heterocycles. The second-order valence-corrected chi connectivity index (χ2v) is 4.22. The van der Waals surface area contributed by atoms with Crippen molar-refractivity contribution < 1.29 is 0 Å². The maximum Gasteiger partial charge on any atom is 0.130 e. The Morgan fingerprint density at radius 1 is 1.31 bits per heavy atom. The summed E-state index contributed by atoms with van der Waals surface area (Å²) in [5.41, 5.74) is 1.16. The minimum absolute atomic E-state index is 0.951.